The lowest BCUT2D eigenvalue weighted by molar-refractivity contribution is -0.134. The van der Waals surface area contributed by atoms with Gasteiger partial charge in [-0.1, -0.05) is 77.0 Å². The predicted molar refractivity (Wildman–Crippen MR) is 189 cm³/mol. The lowest BCUT2D eigenvalue weighted by Crippen LogP contribution is -2.41. The fraction of sp³-hybridized carbons (Fsp3) is 0.658. The van der Waals surface area contributed by atoms with Crippen molar-refractivity contribution in [2.24, 2.45) is 0 Å². The highest BCUT2D eigenvalue weighted by Crippen LogP contribution is 2.32. The highest BCUT2D eigenvalue weighted by atomic mass is 32.1. The number of nitrogens with zero attached hydrogens (tertiary/aromatic N) is 1. The molecule has 1 aliphatic carbocycles. The first-order chi connectivity index (χ1) is 22.5. The summed E-state index contributed by atoms with van der Waals surface area (Å²) in [5.41, 5.74) is 2.45. The van der Waals surface area contributed by atoms with Gasteiger partial charge in [0.2, 0.25) is 11.8 Å². The molecule has 8 heteroatoms. The van der Waals surface area contributed by atoms with E-state index in [1.54, 1.807) is 0 Å². The lowest BCUT2D eigenvalue weighted by Gasteiger charge is -2.35. The molecule has 0 aliphatic heterocycles. The highest BCUT2D eigenvalue weighted by molar-refractivity contribution is 7.09. The van der Waals surface area contributed by atoms with Crippen LogP contribution >= 0.6 is 11.3 Å². The molecule has 1 unspecified atom stereocenters. The van der Waals surface area contributed by atoms with E-state index in [0.29, 0.717) is 31.2 Å². The van der Waals surface area contributed by atoms with Crippen molar-refractivity contribution in [1.29, 1.82) is 0 Å². The largest absolute Gasteiger partial charge is 0.426 e. The third kappa shape index (κ3) is 14.8. The Morgan fingerprint density at radius 3 is 2.15 bits per heavy atom. The number of ether oxygens (including phenoxy) is 1. The number of amides is 2. The molecule has 3 rings (SSSR count). The molecule has 2 N–H and O–H groups in total. The van der Waals surface area contributed by atoms with Gasteiger partial charge in [0.25, 0.3) is 0 Å². The average molecular weight is 654 g/mol. The van der Waals surface area contributed by atoms with Crippen molar-refractivity contribution >= 4 is 29.1 Å². The quantitative estimate of drug-likeness (QED) is 0.0686. The lowest BCUT2D eigenvalue weighted by atomic mass is 9.86. The van der Waals surface area contributed by atoms with Crippen LogP contribution in [0.25, 0.3) is 0 Å². The van der Waals surface area contributed by atoms with E-state index in [1.807, 2.05) is 23.5 Å². The minimum atomic E-state index is -0.295. The van der Waals surface area contributed by atoms with Gasteiger partial charge in [-0.25, -0.2) is 0 Å². The summed E-state index contributed by atoms with van der Waals surface area (Å²) in [5.74, 6) is 0.572. The maximum atomic E-state index is 12.6. The van der Waals surface area contributed by atoms with E-state index >= 15 is 0 Å². The van der Waals surface area contributed by atoms with Gasteiger partial charge in [-0.05, 0) is 86.6 Å². The van der Waals surface area contributed by atoms with Crippen LogP contribution in [0, 0.1) is 0 Å². The summed E-state index contributed by atoms with van der Waals surface area (Å²) >= 11 is 1.84. The number of unbranched alkanes of at least 4 members (excludes halogenated alkanes) is 8. The Bertz CT molecular complexity index is 1150. The van der Waals surface area contributed by atoms with Crippen LogP contribution in [0.5, 0.6) is 5.75 Å². The molecule has 256 valence electrons. The van der Waals surface area contributed by atoms with Crippen molar-refractivity contribution in [3.63, 3.8) is 0 Å². The molecule has 7 nitrogen and oxygen atoms in total. The second kappa shape index (κ2) is 22.8. The van der Waals surface area contributed by atoms with Gasteiger partial charge in [0.05, 0.1) is 6.42 Å². The number of thiophene rings is 1. The zero-order chi connectivity index (χ0) is 32.8. The van der Waals surface area contributed by atoms with E-state index in [2.05, 4.69) is 53.0 Å². The Kier molecular flexibility index (Phi) is 18.7. The van der Waals surface area contributed by atoms with Crippen LogP contribution in [0.3, 0.4) is 0 Å². The van der Waals surface area contributed by atoms with Gasteiger partial charge in [-0.15, -0.1) is 11.3 Å². The Balaban J connectivity index is 1.24. The highest BCUT2D eigenvalue weighted by Gasteiger charge is 2.26. The van der Waals surface area contributed by atoms with Crippen molar-refractivity contribution in [1.82, 2.24) is 15.5 Å². The second-order valence-electron chi connectivity index (χ2n) is 12.8. The van der Waals surface area contributed by atoms with Gasteiger partial charge in [-0.2, -0.15) is 0 Å². The molecule has 46 heavy (non-hydrogen) atoms. The number of rotatable bonds is 24. The van der Waals surface area contributed by atoms with Crippen molar-refractivity contribution in [3.05, 3.63) is 51.7 Å². The van der Waals surface area contributed by atoms with E-state index in [4.69, 9.17) is 4.74 Å². The minimum absolute atomic E-state index is 0.00357. The summed E-state index contributed by atoms with van der Waals surface area (Å²) in [6.07, 6.45) is 17.3. The summed E-state index contributed by atoms with van der Waals surface area (Å²) in [6.45, 7) is 7.67. The smallest absolute Gasteiger partial charge is 0.312 e. The third-order valence-corrected chi connectivity index (χ3v) is 9.89. The number of esters is 1. The standard InChI is InChI=1S/C38H59N3O4S/c1-3-5-25-39-36(42)19-12-10-8-6-7-9-11-13-20-37(43)40-26-23-38(44)45-35-18-14-16-31-30-32(21-22-34(31)35)41(27-4-2)28-24-33-17-15-29-46-33/h14-18,29,32H,3-13,19-28,30H2,1-2H3,(H,39,42)(H,40,43). The summed E-state index contributed by atoms with van der Waals surface area (Å²) < 4.78 is 5.80. The maximum Gasteiger partial charge on any atom is 0.312 e. The first-order valence-electron chi connectivity index (χ1n) is 18.1. The first kappa shape index (κ1) is 37.7. The fourth-order valence-corrected chi connectivity index (χ4v) is 7.02. The molecular weight excluding hydrogens is 595 g/mol. The van der Waals surface area contributed by atoms with E-state index in [1.165, 1.54) is 29.7 Å². The average Bonchev–Trinajstić information content (AvgIpc) is 3.58. The van der Waals surface area contributed by atoms with Crippen LogP contribution in [0.15, 0.2) is 35.7 Å². The number of benzene rings is 1. The van der Waals surface area contributed by atoms with Crippen LogP contribution in [0.1, 0.15) is 126 Å². The molecule has 0 bridgehead atoms. The summed E-state index contributed by atoms with van der Waals surface area (Å²) in [6, 6.07) is 11.0. The van der Waals surface area contributed by atoms with E-state index < -0.39 is 0 Å². The van der Waals surface area contributed by atoms with Crippen LogP contribution in [-0.4, -0.2) is 54.9 Å². The molecule has 0 spiro atoms. The van der Waals surface area contributed by atoms with Crippen LogP contribution in [-0.2, 0) is 33.6 Å². The summed E-state index contributed by atoms with van der Waals surface area (Å²) in [5, 5.41) is 8.01. The fourth-order valence-electron chi connectivity index (χ4n) is 6.32. The van der Waals surface area contributed by atoms with Crippen molar-refractivity contribution in [3.8, 4) is 5.75 Å². The molecular formula is C38H59N3O4S. The minimum Gasteiger partial charge on any atom is -0.426 e. The molecule has 1 atom stereocenters. The van der Waals surface area contributed by atoms with Gasteiger partial charge in [0.15, 0.2) is 0 Å². The van der Waals surface area contributed by atoms with Gasteiger partial charge in [-0.3, -0.25) is 19.3 Å². The Morgan fingerprint density at radius 2 is 1.50 bits per heavy atom. The number of fused-ring (bicyclic) bond motifs is 1. The maximum absolute atomic E-state index is 12.6. The number of nitrogens with one attached hydrogen (secondary N) is 2. The number of hydrogen-bond acceptors (Lipinski definition) is 6. The van der Waals surface area contributed by atoms with Crippen LogP contribution in [0.4, 0.5) is 0 Å². The Hall–Kier alpha value is -2.71. The monoisotopic (exact) mass is 653 g/mol. The van der Waals surface area contributed by atoms with E-state index in [0.717, 1.165) is 102 Å². The first-order valence-corrected chi connectivity index (χ1v) is 19.0. The van der Waals surface area contributed by atoms with Crippen molar-refractivity contribution < 1.29 is 19.1 Å². The van der Waals surface area contributed by atoms with Gasteiger partial charge >= 0.3 is 5.97 Å². The van der Waals surface area contributed by atoms with Gasteiger partial charge < -0.3 is 15.4 Å². The zero-order valence-corrected chi connectivity index (χ0v) is 29.4. The van der Waals surface area contributed by atoms with Crippen LogP contribution in [0.2, 0.25) is 0 Å². The molecule has 2 aromatic rings. The normalized spacial score (nSPS) is 14.2. The zero-order valence-electron chi connectivity index (χ0n) is 28.6. The SMILES string of the molecule is CCCCNC(=O)CCCCCCCCCCC(=O)NCCC(=O)Oc1cccc2c1CCC(N(CCC)CCc1cccs1)C2. The molecule has 0 radical (unpaired) electrons. The number of carbonyl (C=O) groups excluding carboxylic acids is 3. The molecule has 0 saturated carbocycles. The van der Waals surface area contributed by atoms with Gasteiger partial charge in [0, 0.05) is 43.4 Å². The molecule has 1 aliphatic rings. The Morgan fingerprint density at radius 1 is 0.804 bits per heavy atom. The molecule has 2 amide bonds. The molecule has 0 fully saturated rings. The molecule has 1 aromatic heterocycles. The molecule has 0 saturated heterocycles. The van der Waals surface area contributed by atoms with Crippen LogP contribution < -0.4 is 15.4 Å². The van der Waals surface area contributed by atoms with Crippen molar-refractivity contribution in [2.75, 3.05) is 26.2 Å². The van der Waals surface area contributed by atoms with Gasteiger partial charge in [0.1, 0.15) is 5.75 Å². The predicted octanol–water partition coefficient (Wildman–Crippen LogP) is 7.79. The topological polar surface area (TPSA) is 87.7 Å². The van der Waals surface area contributed by atoms with E-state index in [9.17, 15) is 14.4 Å². The second-order valence-corrected chi connectivity index (χ2v) is 13.8. The summed E-state index contributed by atoms with van der Waals surface area (Å²) in [7, 11) is 0. The number of carbonyl (C=O) groups is 3. The van der Waals surface area contributed by atoms with E-state index in [-0.39, 0.29) is 24.2 Å². The summed E-state index contributed by atoms with van der Waals surface area (Å²) in [4.78, 5) is 40.7. The van der Waals surface area contributed by atoms with Crippen molar-refractivity contribution in [2.45, 2.75) is 135 Å². The third-order valence-electron chi connectivity index (χ3n) is 8.95. The number of hydrogen-bond donors (Lipinski definition) is 2. The molecule has 1 aromatic carbocycles. The Labute approximate surface area is 282 Å². The molecule has 1 heterocycles.